The average Bonchev–Trinajstić information content (AvgIpc) is 2.72. The van der Waals surface area contributed by atoms with Crippen molar-refractivity contribution in [3.05, 3.63) is 21.7 Å². The van der Waals surface area contributed by atoms with Gasteiger partial charge in [-0.15, -0.1) is 0 Å². The largest absolute Gasteiger partial charge is 0.505 e. The number of halogens is 2. The molecule has 1 aliphatic carbocycles. The maximum absolute atomic E-state index is 13.1. The highest BCUT2D eigenvalue weighted by Crippen LogP contribution is 2.60. The smallest absolute Gasteiger partial charge is 0.324 e. The molecule has 2 aliphatic rings. The van der Waals surface area contributed by atoms with Crippen LogP contribution in [0.2, 0.25) is 10.0 Å². The minimum atomic E-state index is -1.77. The first-order valence-electron chi connectivity index (χ1n) is 7.88. The Morgan fingerprint density at radius 3 is 2.54 bits per heavy atom. The first kappa shape index (κ1) is 17.6. The zero-order valence-electron chi connectivity index (χ0n) is 13.8. The van der Waals surface area contributed by atoms with Crippen LogP contribution in [0.3, 0.4) is 0 Å². The van der Waals surface area contributed by atoms with E-state index in [1.807, 2.05) is 0 Å². The molecule has 24 heavy (non-hydrogen) atoms. The minimum Gasteiger partial charge on any atom is -0.505 e. The van der Waals surface area contributed by atoms with Gasteiger partial charge in [-0.2, -0.15) is 0 Å². The molecule has 3 rings (SSSR count). The molecule has 1 saturated carbocycles. The Morgan fingerprint density at radius 2 is 1.92 bits per heavy atom. The summed E-state index contributed by atoms with van der Waals surface area (Å²) in [4.78, 5) is 13.1. The summed E-state index contributed by atoms with van der Waals surface area (Å²) >= 11 is 12.3. The Balaban J connectivity index is 2.24. The molecule has 1 aromatic rings. The second-order valence-electron chi connectivity index (χ2n) is 7.39. The van der Waals surface area contributed by atoms with Gasteiger partial charge in [0, 0.05) is 18.1 Å². The number of phenolic OH excluding ortho intramolecular Hbond substituents is 1. The molecule has 0 bridgehead atoms. The number of phenols is 1. The van der Waals surface area contributed by atoms with Crippen LogP contribution in [0.1, 0.15) is 52.0 Å². The second-order valence-corrected chi connectivity index (χ2v) is 8.18. The Bertz CT molecular complexity index is 712. The average molecular weight is 375 g/mol. The van der Waals surface area contributed by atoms with Crippen molar-refractivity contribution in [2.24, 2.45) is 0 Å². The van der Waals surface area contributed by atoms with Crippen LogP contribution in [-0.4, -0.2) is 27.6 Å². The zero-order chi connectivity index (χ0) is 17.9. The van der Waals surface area contributed by atoms with Gasteiger partial charge in [-0.05, 0) is 33.6 Å². The lowest BCUT2D eigenvalue weighted by Gasteiger charge is -2.43. The highest BCUT2D eigenvalue weighted by atomic mass is 35.5. The molecule has 1 fully saturated rings. The fraction of sp³-hybridized carbons (Fsp3) is 0.588. The van der Waals surface area contributed by atoms with Crippen LogP contribution >= 0.6 is 23.2 Å². The number of aromatic hydroxyl groups is 1. The lowest BCUT2D eigenvalue weighted by molar-refractivity contribution is -0.215. The fourth-order valence-corrected chi connectivity index (χ4v) is 4.20. The standard InChI is InChI=1S/C17H20Cl2O5/c1-15(2,3)24-14(21)16-6-4-5-7-17(16,22)23-10-8-9(18)13(20)12(19)11(10)16/h8,20,22H,4-7H2,1-3H3/t16-,17-/m1/s1. The molecule has 0 aromatic heterocycles. The molecular weight excluding hydrogens is 355 g/mol. The number of carbonyl (C=O) groups excluding carboxylic acids is 1. The van der Waals surface area contributed by atoms with Gasteiger partial charge < -0.3 is 19.7 Å². The molecule has 7 heteroatoms. The number of fused-ring (bicyclic) bond motifs is 3. The maximum atomic E-state index is 13.1. The van der Waals surface area contributed by atoms with Crippen molar-refractivity contribution < 1.29 is 24.5 Å². The van der Waals surface area contributed by atoms with Crippen LogP contribution in [0.25, 0.3) is 0 Å². The van der Waals surface area contributed by atoms with E-state index in [0.29, 0.717) is 19.3 Å². The van der Waals surface area contributed by atoms with E-state index in [0.717, 1.165) is 0 Å². The molecule has 5 nitrogen and oxygen atoms in total. The van der Waals surface area contributed by atoms with Gasteiger partial charge in [0.05, 0.1) is 10.0 Å². The predicted molar refractivity (Wildman–Crippen MR) is 89.7 cm³/mol. The van der Waals surface area contributed by atoms with E-state index in [9.17, 15) is 15.0 Å². The lowest BCUT2D eigenvalue weighted by atomic mass is 9.66. The van der Waals surface area contributed by atoms with Gasteiger partial charge in [-0.25, -0.2) is 0 Å². The normalized spacial score (nSPS) is 28.8. The van der Waals surface area contributed by atoms with Crippen molar-refractivity contribution in [3.63, 3.8) is 0 Å². The summed E-state index contributed by atoms with van der Waals surface area (Å²) in [6, 6.07) is 1.38. The first-order valence-corrected chi connectivity index (χ1v) is 8.64. The van der Waals surface area contributed by atoms with E-state index in [-0.39, 0.29) is 33.5 Å². The molecule has 0 radical (unpaired) electrons. The summed E-state index contributed by atoms with van der Waals surface area (Å²) in [6.07, 6.45) is 1.97. The third kappa shape index (κ3) is 2.37. The van der Waals surface area contributed by atoms with E-state index < -0.39 is 22.8 Å². The molecule has 2 N–H and O–H groups in total. The Labute approximate surface area is 150 Å². The second kappa shape index (κ2) is 5.41. The molecule has 132 valence electrons. The number of hydrogen-bond acceptors (Lipinski definition) is 5. The van der Waals surface area contributed by atoms with Crippen molar-refractivity contribution in [3.8, 4) is 11.5 Å². The molecule has 2 atom stereocenters. The van der Waals surface area contributed by atoms with Crippen LogP contribution < -0.4 is 4.74 Å². The Hall–Kier alpha value is -1.17. The van der Waals surface area contributed by atoms with Crippen molar-refractivity contribution in [2.75, 3.05) is 0 Å². The van der Waals surface area contributed by atoms with E-state index in [4.69, 9.17) is 32.7 Å². The number of ether oxygens (including phenoxy) is 2. The topological polar surface area (TPSA) is 76.0 Å². The predicted octanol–water partition coefficient (Wildman–Crippen LogP) is 3.93. The molecule has 1 aliphatic heterocycles. The molecular formula is C17H20Cl2O5. The molecule has 0 amide bonds. The quantitative estimate of drug-likeness (QED) is 0.728. The van der Waals surface area contributed by atoms with E-state index in [1.165, 1.54) is 6.07 Å². The first-order chi connectivity index (χ1) is 11.0. The highest BCUT2D eigenvalue weighted by molar-refractivity contribution is 6.38. The number of carbonyl (C=O) groups is 1. The van der Waals surface area contributed by atoms with Gasteiger partial charge in [-0.3, -0.25) is 4.79 Å². The molecule has 1 aromatic carbocycles. The van der Waals surface area contributed by atoms with Crippen LogP contribution in [0.4, 0.5) is 0 Å². The van der Waals surface area contributed by atoms with Crippen molar-refractivity contribution in [1.82, 2.24) is 0 Å². The highest BCUT2D eigenvalue weighted by Gasteiger charge is 2.67. The number of benzene rings is 1. The van der Waals surface area contributed by atoms with Gasteiger partial charge in [-0.1, -0.05) is 29.6 Å². The summed E-state index contributed by atoms with van der Waals surface area (Å²) in [7, 11) is 0. The maximum Gasteiger partial charge on any atom is 0.324 e. The van der Waals surface area contributed by atoms with E-state index >= 15 is 0 Å². The number of rotatable bonds is 1. The summed E-state index contributed by atoms with van der Waals surface area (Å²) < 4.78 is 11.3. The van der Waals surface area contributed by atoms with Crippen molar-refractivity contribution in [2.45, 2.75) is 63.3 Å². The van der Waals surface area contributed by atoms with Crippen LogP contribution in [0, 0.1) is 0 Å². The van der Waals surface area contributed by atoms with Crippen LogP contribution in [0.5, 0.6) is 11.5 Å². The molecule has 0 unspecified atom stereocenters. The molecule has 0 spiro atoms. The monoisotopic (exact) mass is 374 g/mol. The fourth-order valence-electron chi connectivity index (χ4n) is 3.60. The van der Waals surface area contributed by atoms with Crippen molar-refractivity contribution in [1.29, 1.82) is 0 Å². The zero-order valence-corrected chi connectivity index (χ0v) is 15.3. The summed E-state index contributed by atoms with van der Waals surface area (Å²) in [5, 5.41) is 21.2. The lowest BCUT2D eigenvalue weighted by Crippen LogP contribution is -2.59. The molecule has 0 saturated heterocycles. The van der Waals surface area contributed by atoms with Gasteiger partial charge in [0.25, 0.3) is 0 Å². The SMILES string of the molecule is CC(C)(C)OC(=O)[C@]12CCCC[C@@]1(O)Oc1cc(Cl)c(O)c(Cl)c12. The number of hydrogen-bond donors (Lipinski definition) is 2. The summed E-state index contributed by atoms with van der Waals surface area (Å²) in [5.74, 6) is -2.51. The van der Waals surface area contributed by atoms with E-state index in [1.54, 1.807) is 20.8 Å². The van der Waals surface area contributed by atoms with Crippen LogP contribution in [0.15, 0.2) is 6.07 Å². The van der Waals surface area contributed by atoms with E-state index in [2.05, 4.69) is 0 Å². The van der Waals surface area contributed by atoms with Gasteiger partial charge in [0.2, 0.25) is 5.79 Å². The van der Waals surface area contributed by atoms with Crippen molar-refractivity contribution >= 4 is 29.2 Å². The number of esters is 1. The Morgan fingerprint density at radius 1 is 1.29 bits per heavy atom. The minimum absolute atomic E-state index is 0.000311. The molecule has 1 heterocycles. The third-order valence-electron chi connectivity index (χ3n) is 4.60. The summed E-state index contributed by atoms with van der Waals surface area (Å²) in [5.41, 5.74) is -1.97. The van der Waals surface area contributed by atoms with Gasteiger partial charge in [0.1, 0.15) is 11.4 Å². The Kier molecular flexibility index (Phi) is 3.98. The van der Waals surface area contributed by atoms with Gasteiger partial charge >= 0.3 is 5.97 Å². The van der Waals surface area contributed by atoms with Gasteiger partial charge in [0.15, 0.2) is 11.2 Å². The van der Waals surface area contributed by atoms with Crippen LogP contribution in [-0.2, 0) is 14.9 Å². The number of aliphatic hydroxyl groups is 1. The third-order valence-corrected chi connectivity index (χ3v) is 5.25. The summed E-state index contributed by atoms with van der Waals surface area (Å²) in [6.45, 7) is 5.25.